The highest BCUT2D eigenvalue weighted by atomic mass is 32.2. The molecule has 6 heteroatoms. The largest absolute Gasteiger partial charge is 0.494 e. The zero-order valence-corrected chi connectivity index (χ0v) is 14.3. The average Bonchev–Trinajstić information content (AvgIpc) is 2.78. The molecule has 1 atom stereocenters. The predicted molar refractivity (Wildman–Crippen MR) is 88.7 cm³/mol. The Hall–Kier alpha value is -1.01. The monoisotopic (exact) mass is 331 g/mol. The maximum atomic E-state index is 11.8. The molecule has 1 aromatic heterocycles. The maximum absolute atomic E-state index is 11.8. The van der Waals surface area contributed by atoms with Gasteiger partial charge in [-0.2, -0.15) is 0 Å². The van der Waals surface area contributed by atoms with Gasteiger partial charge in [-0.25, -0.2) is 0 Å². The molecule has 1 aromatic rings. The van der Waals surface area contributed by atoms with Crippen LogP contribution in [0.4, 0.5) is 0 Å². The van der Waals surface area contributed by atoms with Crippen LogP contribution in [0, 0.1) is 0 Å². The van der Waals surface area contributed by atoms with E-state index in [2.05, 4.69) is 6.92 Å². The summed E-state index contributed by atoms with van der Waals surface area (Å²) in [6.07, 6.45) is 9.46. The SMILES string of the molecule is CCCCCCCCCCn1c(O)cc(S(=O)CCO)c1O. The maximum Gasteiger partial charge on any atom is 0.210 e. The summed E-state index contributed by atoms with van der Waals surface area (Å²) in [6.45, 7) is 2.51. The number of nitrogens with zero attached hydrogens (tertiary/aromatic N) is 1. The van der Waals surface area contributed by atoms with Gasteiger partial charge in [0.05, 0.1) is 23.2 Å². The highest BCUT2D eigenvalue weighted by Gasteiger charge is 2.18. The zero-order valence-electron chi connectivity index (χ0n) is 13.5. The van der Waals surface area contributed by atoms with Crippen molar-refractivity contribution in [3.8, 4) is 11.8 Å². The van der Waals surface area contributed by atoms with E-state index in [0.29, 0.717) is 6.54 Å². The smallest absolute Gasteiger partial charge is 0.210 e. The first-order valence-electron chi connectivity index (χ1n) is 8.22. The molecule has 0 aliphatic carbocycles. The molecule has 0 saturated carbocycles. The molecule has 0 spiro atoms. The molecule has 0 fully saturated rings. The van der Waals surface area contributed by atoms with Crippen molar-refractivity contribution < 1.29 is 19.5 Å². The van der Waals surface area contributed by atoms with Crippen molar-refractivity contribution in [3.05, 3.63) is 6.07 Å². The lowest BCUT2D eigenvalue weighted by atomic mass is 10.1. The first-order valence-corrected chi connectivity index (χ1v) is 9.54. The van der Waals surface area contributed by atoms with Crippen LogP contribution in [0.15, 0.2) is 11.0 Å². The Balaban J connectivity index is 2.35. The minimum atomic E-state index is -1.48. The number of aromatic hydroxyl groups is 2. The van der Waals surface area contributed by atoms with Crippen LogP contribution in [0.2, 0.25) is 0 Å². The van der Waals surface area contributed by atoms with Crippen LogP contribution < -0.4 is 0 Å². The van der Waals surface area contributed by atoms with Gasteiger partial charge in [0.2, 0.25) is 5.88 Å². The van der Waals surface area contributed by atoms with Crippen LogP contribution in [0.3, 0.4) is 0 Å². The second-order valence-corrected chi connectivity index (χ2v) is 7.13. The van der Waals surface area contributed by atoms with Crippen molar-refractivity contribution in [2.75, 3.05) is 12.4 Å². The second kappa shape index (κ2) is 10.7. The van der Waals surface area contributed by atoms with Gasteiger partial charge in [-0.1, -0.05) is 51.9 Å². The van der Waals surface area contributed by atoms with Crippen LogP contribution in [0.5, 0.6) is 11.8 Å². The van der Waals surface area contributed by atoms with E-state index < -0.39 is 10.8 Å². The van der Waals surface area contributed by atoms with E-state index in [1.54, 1.807) is 0 Å². The first-order chi connectivity index (χ1) is 10.6. The summed E-state index contributed by atoms with van der Waals surface area (Å²) in [4.78, 5) is 0.200. The van der Waals surface area contributed by atoms with Crippen molar-refractivity contribution >= 4 is 10.8 Å². The van der Waals surface area contributed by atoms with Crippen molar-refractivity contribution in [3.63, 3.8) is 0 Å². The van der Waals surface area contributed by atoms with Crippen molar-refractivity contribution in [1.29, 1.82) is 0 Å². The van der Waals surface area contributed by atoms with E-state index in [1.807, 2.05) is 0 Å². The average molecular weight is 331 g/mol. The number of aromatic nitrogens is 1. The zero-order chi connectivity index (χ0) is 16.4. The Labute approximate surface area is 135 Å². The van der Waals surface area contributed by atoms with E-state index in [0.717, 1.165) is 19.3 Å². The summed E-state index contributed by atoms with van der Waals surface area (Å²) in [7, 11) is -1.48. The number of hydrogen-bond donors (Lipinski definition) is 3. The van der Waals surface area contributed by atoms with E-state index >= 15 is 0 Å². The molecule has 0 bridgehead atoms. The van der Waals surface area contributed by atoms with Gasteiger partial charge in [-0.15, -0.1) is 0 Å². The molecule has 0 saturated heterocycles. The number of unbranched alkanes of at least 4 members (excludes halogenated alkanes) is 7. The second-order valence-electron chi connectivity index (χ2n) is 5.59. The molecule has 5 nitrogen and oxygen atoms in total. The van der Waals surface area contributed by atoms with Gasteiger partial charge >= 0.3 is 0 Å². The van der Waals surface area contributed by atoms with Gasteiger partial charge in [0.25, 0.3) is 0 Å². The minimum absolute atomic E-state index is 0.0643. The van der Waals surface area contributed by atoms with Gasteiger partial charge < -0.3 is 15.3 Å². The third kappa shape index (κ3) is 6.01. The van der Waals surface area contributed by atoms with E-state index in [4.69, 9.17) is 5.11 Å². The molecule has 0 amide bonds. The lowest BCUT2D eigenvalue weighted by Gasteiger charge is -2.07. The topological polar surface area (TPSA) is 82.7 Å². The van der Waals surface area contributed by atoms with Crippen molar-refractivity contribution in [2.45, 2.75) is 69.7 Å². The summed E-state index contributed by atoms with van der Waals surface area (Å²) in [5, 5.41) is 28.7. The van der Waals surface area contributed by atoms with Crippen LogP contribution >= 0.6 is 0 Å². The third-order valence-electron chi connectivity index (χ3n) is 3.77. The molecule has 0 aliphatic heterocycles. The normalized spacial score (nSPS) is 12.6. The summed E-state index contributed by atoms with van der Waals surface area (Å²) >= 11 is 0. The number of aliphatic hydroxyl groups is 1. The molecule has 128 valence electrons. The van der Waals surface area contributed by atoms with Crippen LogP contribution in [-0.2, 0) is 17.3 Å². The Morgan fingerprint density at radius 2 is 1.64 bits per heavy atom. The van der Waals surface area contributed by atoms with Crippen molar-refractivity contribution in [2.24, 2.45) is 0 Å². The lowest BCUT2D eigenvalue weighted by molar-refractivity contribution is 0.321. The summed E-state index contributed by atoms with van der Waals surface area (Å²) < 4.78 is 13.2. The van der Waals surface area contributed by atoms with E-state index in [1.165, 1.54) is 42.7 Å². The predicted octanol–water partition coefficient (Wildman–Crippen LogP) is 3.14. The highest BCUT2D eigenvalue weighted by molar-refractivity contribution is 7.85. The van der Waals surface area contributed by atoms with E-state index in [-0.39, 0.29) is 29.0 Å². The van der Waals surface area contributed by atoms with Crippen LogP contribution in [0.25, 0.3) is 0 Å². The van der Waals surface area contributed by atoms with Gasteiger partial charge in [0, 0.05) is 12.6 Å². The molecule has 0 aromatic carbocycles. The Kier molecular flexibility index (Phi) is 9.24. The molecule has 0 aliphatic rings. The lowest BCUT2D eigenvalue weighted by Crippen LogP contribution is -2.02. The third-order valence-corrected chi connectivity index (χ3v) is 5.11. The summed E-state index contributed by atoms with van der Waals surface area (Å²) in [5.74, 6) is -0.150. The Morgan fingerprint density at radius 3 is 2.23 bits per heavy atom. The number of rotatable bonds is 12. The number of hydrogen-bond acceptors (Lipinski definition) is 4. The van der Waals surface area contributed by atoms with Gasteiger partial charge in [0.1, 0.15) is 4.90 Å². The summed E-state index contributed by atoms with van der Waals surface area (Å²) in [6, 6.07) is 1.33. The Morgan fingerprint density at radius 1 is 1.05 bits per heavy atom. The fourth-order valence-electron chi connectivity index (χ4n) is 2.49. The molecule has 3 N–H and O–H groups in total. The van der Waals surface area contributed by atoms with Crippen LogP contribution in [0.1, 0.15) is 58.3 Å². The molecule has 1 heterocycles. The molecule has 1 rings (SSSR count). The molecule has 22 heavy (non-hydrogen) atoms. The first kappa shape index (κ1) is 19.0. The van der Waals surface area contributed by atoms with Gasteiger partial charge in [-0.05, 0) is 6.42 Å². The molecule has 1 unspecified atom stereocenters. The Bertz CT molecular complexity index is 459. The van der Waals surface area contributed by atoms with Crippen LogP contribution in [-0.4, -0.2) is 36.5 Å². The fraction of sp³-hybridized carbons (Fsp3) is 0.750. The molecular formula is C16H29NO4S. The highest BCUT2D eigenvalue weighted by Crippen LogP contribution is 2.30. The van der Waals surface area contributed by atoms with Gasteiger partial charge in [-0.3, -0.25) is 8.78 Å². The van der Waals surface area contributed by atoms with Gasteiger partial charge in [0.15, 0.2) is 5.88 Å². The summed E-state index contributed by atoms with van der Waals surface area (Å²) in [5.41, 5.74) is 0. The minimum Gasteiger partial charge on any atom is -0.494 e. The fourth-order valence-corrected chi connectivity index (χ4v) is 3.42. The molecule has 0 radical (unpaired) electrons. The van der Waals surface area contributed by atoms with Crippen molar-refractivity contribution in [1.82, 2.24) is 4.57 Å². The number of aliphatic hydroxyl groups excluding tert-OH is 1. The quantitative estimate of drug-likeness (QED) is 0.514. The van der Waals surface area contributed by atoms with E-state index in [9.17, 15) is 14.4 Å². The standard InChI is InChI=1S/C16H29NO4S/c1-2-3-4-5-6-7-8-9-10-17-15(19)13-14(16(17)20)22(21)12-11-18/h13,18-20H,2-12H2,1H3. The molecular weight excluding hydrogens is 302 g/mol.